The van der Waals surface area contributed by atoms with Gasteiger partial charge in [-0.25, -0.2) is 0 Å². The highest BCUT2D eigenvalue weighted by Gasteiger charge is 2.71. The van der Waals surface area contributed by atoms with Gasteiger partial charge < -0.3 is 9.15 Å². The lowest BCUT2D eigenvalue weighted by molar-refractivity contribution is -0.126. The van der Waals surface area contributed by atoms with Crippen LogP contribution in [0.2, 0.25) is 0 Å². The van der Waals surface area contributed by atoms with Gasteiger partial charge in [-0.1, -0.05) is 27.7 Å². The zero-order valence-electron chi connectivity index (χ0n) is 11.0. The second kappa shape index (κ2) is 2.64. The molecule has 1 aromatic rings. The third-order valence-corrected chi connectivity index (χ3v) is 6.60. The summed E-state index contributed by atoms with van der Waals surface area (Å²) in [6.07, 6.45) is 3.64. The molecule has 0 N–H and O–H groups in total. The summed E-state index contributed by atoms with van der Waals surface area (Å²) in [5.41, 5.74) is 1.97. The van der Waals surface area contributed by atoms with E-state index in [4.69, 9.17) is 9.15 Å². The van der Waals surface area contributed by atoms with Crippen molar-refractivity contribution in [3.63, 3.8) is 0 Å². The van der Waals surface area contributed by atoms with Crippen LogP contribution in [0.5, 0.6) is 0 Å². The lowest BCUT2D eigenvalue weighted by Crippen LogP contribution is -2.47. The van der Waals surface area contributed by atoms with Crippen molar-refractivity contribution >= 4 is 0 Å². The number of ether oxygens (including phenoxy) is 1. The van der Waals surface area contributed by atoms with Crippen LogP contribution in [0.4, 0.5) is 0 Å². The van der Waals surface area contributed by atoms with Gasteiger partial charge in [-0.3, -0.25) is 0 Å². The molecule has 1 aliphatic heterocycles. The summed E-state index contributed by atoms with van der Waals surface area (Å²) < 4.78 is 12.0. The minimum Gasteiger partial charge on any atom is -0.466 e. The van der Waals surface area contributed by atoms with Gasteiger partial charge in [0.2, 0.25) is 0 Å². The van der Waals surface area contributed by atoms with Crippen molar-refractivity contribution in [2.75, 3.05) is 0 Å². The third kappa shape index (κ3) is 0.815. The van der Waals surface area contributed by atoms with Crippen LogP contribution in [0, 0.1) is 16.7 Å². The Hall–Kier alpha value is -0.760. The average molecular weight is 232 g/mol. The molecule has 2 heteroatoms. The zero-order chi connectivity index (χ0) is 12.0. The molecule has 0 amide bonds. The van der Waals surface area contributed by atoms with Crippen LogP contribution in [-0.2, 0) is 4.74 Å². The normalized spacial score (nSPS) is 55.1. The van der Waals surface area contributed by atoms with Crippen LogP contribution in [0.3, 0.4) is 0 Å². The maximum absolute atomic E-state index is 6.25. The molecule has 2 nitrogen and oxygen atoms in total. The van der Waals surface area contributed by atoms with Crippen LogP contribution in [0.25, 0.3) is 0 Å². The monoisotopic (exact) mass is 232 g/mol. The van der Waals surface area contributed by atoms with E-state index >= 15 is 0 Å². The molecular weight excluding hydrogens is 212 g/mol. The molecule has 1 saturated carbocycles. The van der Waals surface area contributed by atoms with Crippen LogP contribution in [-0.4, -0.2) is 6.10 Å². The van der Waals surface area contributed by atoms with E-state index in [1.54, 1.807) is 0 Å². The van der Waals surface area contributed by atoms with E-state index in [1.165, 1.54) is 12.0 Å². The SMILES string of the molecule is CC1c2ccoc2C2OC3CC1(C)C2(C)C3C. The Morgan fingerprint density at radius 1 is 1.29 bits per heavy atom. The van der Waals surface area contributed by atoms with Gasteiger partial charge in [0.25, 0.3) is 0 Å². The molecule has 6 unspecified atom stereocenters. The Kier molecular flexibility index (Phi) is 1.58. The summed E-state index contributed by atoms with van der Waals surface area (Å²) in [5, 5.41) is 0. The van der Waals surface area contributed by atoms with Crippen molar-refractivity contribution in [2.24, 2.45) is 16.7 Å². The van der Waals surface area contributed by atoms with Crippen LogP contribution >= 0.6 is 0 Å². The summed E-state index contributed by atoms with van der Waals surface area (Å²) in [7, 11) is 0. The number of hydrogen-bond acceptors (Lipinski definition) is 2. The number of rotatable bonds is 0. The van der Waals surface area contributed by atoms with E-state index in [0.29, 0.717) is 23.4 Å². The van der Waals surface area contributed by atoms with Gasteiger partial charge >= 0.3 is 0 Å². The highest BCUT2D eigenvalue weighted by molar-refractivity contribution is 5.37. The first-order valence-electron chi connectivity index (χ1n) is 6.73. The maximum atomic E-state index is 6.25. The number of hydrogen-bond donors (Lipinski definition) is 0. The predicted molar refractivity (Wildman–Crippen MR) is 64.7 cm³/mol. The molecule has 3 aliphatic rings. The van der Waals surface area contributed by atoms with Crippen molar-refractivity contribution < 1.29 is 9.15 Å². The van der Waals surface area contributed by atoms with Crippen molar-refractivity contribution in [3.05, 3.63) is 23.7 Å². The van der Waals surface area contributed by atoms with E-state index in [2.05, 4.69) is 33.8 Å². The van der Waals surface area contributed by atoms with Gasteiger partial charge in [-0.05, 0) is 35.3 Å². The zero-order valence-corrected chi connectivity index (χ0v) is 11.0. The standard InChI is InChI=1S/C15H20O2/c1-8-10-5-6-16-12(10)13-15(4)9(2)11(17-13)7-14(8,15)3/h5-6,8-9,11,13H,7H2,1-4H3. The summed E-state index contributed by atoms with van der Waals surface area (Å²) in [6.45, 7) is 9.59. The van der Waals surface area contributed by atoms with Gasteiger partial charge in [0, 0.05) is 5.41 Å². The Bertz CT molecular complexity index is 491. The van der Waals surface area contributed by atoms with Gasteiger partial charge in [-0.15, -0.1) is 0 Å². The molecule has 1 aromatic heterocycles. The summed E-state index contributed by atoms with van der Waals surface area (Å²) in [6, 6.07) is 2.14. The van der Waals surface area contributed by atoms with E-state index in [1.807, 2.05) is 6.26 Å². The minimum absolute atomic E-state index is 0.183. The number of fused-ring (bicyclic) bond motifs is 3. The van der Waals surface area contributed by atoms with Gasteiger partial charge in [0.15, 0.2) is 0 Å². The molecule has 0 aromatic carbocycles. The Balaban J connectivity index is 2.02. The first kappa shape index (κ1) is 10.2. The lowest BCUT2D eigenvalue weighted by Gasteiger charge is -2.53. The van der Waals surface area contributed by atoms with Crippen molar-refractivity contribution in [1.29, 1.82) is 0 Å². The summed E-state index contributed by atoms with van der Waals surface area (Å²) in [4.78, 5) is 0. The van der Waals surface area contributed by atoms with Crippen LogP contribution < -0.4 is 0 Å². The molecular formula is C15H20O2. The van der Waals surface area contributed by atoms with Crippen molar-refractivity contribution in [1.82, 2.24) is 0 Å². The van der Waals surface area contributed by atoms with E-state index in [-0.39, 0.29) is 11.5 Å². The Morgan fingerprint density at radius 2 is 2.06 bits per heavy atom. The first-order valence-corrected chi connectivity index (χ1v) is 6.73. The van der Waals surface area contributed by atoms with Crippen LogP contribution in [0.15, 0.2) is 16.7 Å². The third-order valence-electron chi connectivity index (χ3n) is 6.60. The molecule has 2 heterocycles. The maximum Gasteiger partial charge on any atom is 0.136 e. The van der Waals surface area contributed by atoms with E-state index in [9.17, 15) is 0 Å². The minimum atomic E-state index is 0.183. The van der Waals surface area contributed by atoms with Gasteiger partial charge in [0.1, 0.15) is 11.9 Å². The first-order chi connectivity index (χ1) is 8.00. The molecule has 0 spiro atoms. The highest BCUT2D eigenvalue weighted by Crippen LogP contribution is 2.75. The molecule has 17 heavy (non-hydrogen) atoms. The molecule has 4 rings (SSSR count). The predicted octanol–water partition coefficient (Wildman–Crippen LogP) is 3.89. The second-order valence-electron chi connectivity index (χ2n) is 6.71. The molecule has 92 valence electrons. The van der Waals surface area contributed by atoms with Crippen molar-refractivity contribution in [2.45, 2.75) is 52.2 Å². The molecule has 0 radical (unpaired) electrons. The average Bonchev–Trinajstić information content (AvgIpc) is 2.90. The summed E-state index contributed by atoms with van der Waals surface area (Å²) >= 11 is 0. The number of furan rings is 1. The fraction of sp³-hybridized carbons (Fsp3) is 0.733. The van der Waals surface area contributed by atoms with Crippen LogP contribution in [0.1, 0.15) is 57.5 Å². The quantitative estimate of drug-likeness (QED) is 0.677. The Morgan fingerprint density at radius 3 is 2.76 bits per heavy atom. The molecule has 2 aliphatic carbocycles. The highest BCUT2D eigenvalue weighted by atomic mass is 16.5. The second-order valence-corrected chi connectivity index (χ2v) is 6.71. The summed E-state index contributed by atoms with van der Waals surface area (Å²) in [5.74, 6) is 2.32. The molecule has 6 atom stereocenters. The largest absolute Gasteiger partial charge is 0.466 e. The smallest absolute Gasteiger partial charge is 0.136 e. The molecule has 1 saturated heterocycles. The Labute approximate surface area is 102 Å². The van der Waals surface area contributed by atoms with E-state index < -0.39 is 0 Å². The topological polar surface area (TPSA) is 22.4 Å². The van der Waals surface area contributed by atoms with Gasteiger partial charge in [-0.2, -0.15) is 0 Å². The molecule has 2 bridgehead atoms. The fourth-order valence-corrected chi connectivity index (χ4v) is 4.96. The van der Waals surface area contributed by atoms with Gasteiger partial charge in [0.05, 0.1) is 12.4 Å². The lowest BCUT2D eigenvalue weighted by atomic mass is 9.52. The van der Waals surface area contributed by atoms with E-state index in [0.717, 1.165) is 5.76 Å². The van der Waals surface area contributed by atoms with Crippen molar-refractivity contribution in [3.8, 4) is 0 Å². The molecule has 2 fully saturated rings. The fourth-order valence-electron chi connectivity index (χ4n) is 4.96.